The Morgan fingerprint density at radius 2 is 2.24 bits per heavy atom. The molecular formula is C17H21N7O. The van der Waals surface area contributed by atoms with E-state index in [9.17, 15) is 0 Å². The maximum atomic E-state index is 5.68. The lowest BCUT2D eigenvalue weighted by Gasteiger charge is -2.15. The third kappa shape index (κ3) is 3.18. The van der Waals surface area contributed by atoms with Crippen LogP contribution in [0.15, 0.2) is 36.9 Å². The van der Waals surface area contributed by atoms with Gasteiger partial charge in [0.15, 0.2) is 0 Å². The highest BCUT2D eigenvalue weighted by Crippen LogP contribution is 2.30. The molecule has 0 saturated carbocycles. The van der Waals surface area contributed by atoms with Gasteiger partial charge in [0.05, 0.1) is 23.7 Å². The average molecular weight is 339 g/mol. The van der Waals surface area contributed by atoms with Crippen LogP contribution in [-0.2, 0) is 18.3 Å². The Balaban J connectivity index is 1.55. The number of methoxy groups -OCH3 is 1. The van der Waals surface area contributed by atoms with Gasteiger partial charge in [-0.05, 0) is 12.1 Å². The number of nitrogens with zero attached hydrogens (tertiary/aromatic N) is 6. The van der Waals surface area contributed by atoms with Gasteiger partial charge >= 0.3 is 0 Å². The molecule has 3 aromatic rings. The number of hydrogen-bond acceptors (Lipinski definition) is 6. The van der Waals surface area contributed by atoms with Gasteiger partial charge in [-0.2, -0.15) is 20.5 Å². The summed E-state index contributed by atoms with van der Waals surface area (Å²) in [6, 6.07) is 3.98. The van der Waals surface area contributed by atoms with E-state index in [1.807, 2.05) is 30.1 Å². The summed E-state index contributed by atoms with van der Waals surface area (Å²) in [5.74, 6) is 0.224. The lowest BCUT2D eigenvalue weighted by molar-refractivity contribution is 0.0957. The number of aryl methyl sites for hydroxylation is 1. The molecule has 1 aliphatic heterocycles. The standard InChI is InChI=1S/C17H21N7O/c1-23-8-13(17(21-23)12-4-3-5-18-6-12)9-24-10-14(16(11-24)25-2)15-7-19-22-20-15/h3-8,14,16H,9-11H2,1-2H3,(H,19,20,22)/t14-,16+/m0/s1. The third-order valence-corrected chi connectivity index (χ3v) is 4.69. The van der Waals surface area contributed by atoms with Crippen molar-refractivity contribution in [1.82, 2.24) is 35.1 Å². The third-order valence-electron chi connectivity index (χ3n) is 4.69. The summed E-state index contributed by atoms with van der Waals surface area (Å²) in [5, 5.41) is 15.5. The largest absolute Gasteiger partial charge is 0.379 e. The van der Waals surface area contributed by atoms with E-state index < -0.39 is 0 Å². The molecule has 130 valence electrons. The van der Waals surface area contributed by atoms with Gasteiger partial charge in [0.2, 0.25) is 0 Å². The average Bonchev–Trinajstić information content (AvgIpc) is 3.35. The van der Waals surface area contributed by atoms with Gasteiger partial charge in [-0.25, -0.2) is 0 Å². The first kappa shape index (κ1) is 15.9. The summed E-state index contributed by atoms with van der Waals surface area (Å²) in [6.07, 6.45) is 7.60. The van der Waals surface area contributed by atoms with Gasteiger partial charge in [0, 0.05) is 69.4 Å². The second-order valence-corrected chi connectivity index (χ2v) is 6.39. The first-order chi connectivity index (χ1) is 12.2. The fourth-order valence-corrected chi connectivity index (χ4v) is 3.53. The van der Waals surface area contributed by atoms with Crippen molar-refractivity contribution in [2.75, 3.05) is 20.2 Å². The number of aromatic amines is 1. The molecule has 3 aromatic heterocycles. The Morgan fingerprint density at radius 3 is 2.96 bits per heavy atom. The van der Waals surface area contributed by atoms with Gasteiger partial charge in [-0.3, -0.25) is 14.6 Å². The SMILES string of the molecule is CO[C@@H]1CN(Cc2cn(C)nc2-c2cccnc2)C[C@H]1c1cn[nH]n1. The molecule has 0 unspecified atom stereocenters. The van der Waals surface area contributed by atoms with Crippen molar-refractivity contribution in [1.29, 1.82) is 0 Å². The van der Waals surface area contributed by atoms with Crippen LogP contribution in [0.3, 0.4) is 0 Å². The molecule has 8 heteroatoms. The zero-order valence-corrected chi connectivity index (χ0v) is 14.3. The smallest absolute Gasteiger partial charge is 0.0983 e. The molecular weight excluding hydrogens is 318 g/mol. The molecule has 2 atom stereocenters. The van der Waals surface area contributed by atoms with Crippen molar-refractivity contribution in [2.45, 2.75) is 18.6 Å². The molecule has 0 spiro atoms. The van der Waals surface area contributed by atoms with Gasteiger partial charge in [0.25, 0.3) is 0 Å². The summed E-state index contributed by atoms with van der Waals surface area (Å²) in [6.45, 7) is 2.55. The van der Waals surface area contributed by atoms with E-state index in [1.54, 1.807) is 19.5 Å². The van der Waals surface area contributed by atoms with Crippen molar-refractivity contribution in [3.05, 3.63) is 48.2 Å². The number of nitrogens with one attached hydrogen (secondary N) is 1. The second kappa shape index (κ2) is 6.73. The van der Waals surface area contributed by atoms with Gasteiger partial charge in [0.1, 0.15) is 0 Å². The van der Waals surface area contributed by atoms with E-state index in [4.69, 9.17) is 4.74 Å². The Bertz CT molecular complexity index is 815. The van der Waals surface area contributed by atoms with Crippen molar-refractivity contribution in [2.24, 2.45) is 7.05 Å². The topological polar surface area (TPSA) is 84.8 Å². The van der Waals surface area contributed by atoms with E-state index in [2.05, 4.69) is 36.6 Å². The predicted molar refractivity (Wildman–Crippen MR) is 91.6 cm³/mol. The number of likely N-dealkylation sites (tertiary alicyclic amines) is 1. The molecule has 4 rings (SSSR count). The highest BCUT2D eigenvalue weighted by Gasteiger charge is 2.35. The molecule has 0 aromatic carbocycles. The quantitative estimate of drug-likeness (QED) is 0.752. The van der Waals surface area contributed by atoms with Crippen LogP contribution >= 0.6 is 0 Å². The molecule has 4 heterocycles. The molecule has 1 N–H and O–H groups in total. The highest BCUT2D eigenvalue weighted by molar-refractivity contribution is 5.61. The van der Waals surface area contributed by atoms with Gasteiger partial charge in [-0.15, -0.1) is 0 Å². The van der Waals surface area contributed by atoms with E-state index in [1.165, 1.54) is 5.56 Å². The molecule has 8 nitrogen and oxygen atoms in total. The van der Waals surface area contributed by atoms with Crippen LogP contribution in [0.1, 0.15) is 17.2 Å². The van der Waals surface area contributed by atoms with Gasteiger partial charge in [-0.1, -0.05) is 0 Å². The van der Waals surface area contributed by atoms with Crippen LogP contribution in [0.2, 0.25) is 0 Å². The number of aromatic nitrogens is 6. The number of ether oxygens (including phenoxy) is 1. The maximum Gasteiger partial charge on any atom is 0.0983 e. The van der Waals surface area contributed by atoms with E-state index in [0.717, 1.165) is 36.6 Å². The van der Waals surface area contributed by atoms with Crippen LogP contribution in [0.25, 0.3) is 11.3 Å². The summed E-state index contributed by atoms with van der Waals surface area (Å²) < 4.78 is 7.54. The molecule has 0 bridgehead atoms. The van der Waals surface area contributed by atoms with Crippen molar-refractivity contribution in [3.63, 3.8) is 0 Å². The zero-order chi connectivity index (χ0) is 17.2. The maximum absolute atomic E-state index is 5.68. The van der Waals surface area contributed by atoms with Crippen molar-refractivity contribution >= 4 is 0 Å². The molecule has 25 heavy (non-hydrogen) atoms. The summed E-state index contributed by atoms with van der Waals surface area (Å²) in [7, 11) is 3.70. The molecule has 1 fully saturated rings. The summed E-state index contributed by atoms with van der Waals surface area (Å²) in [4.78, 5) is 6.59. The number of hydrogen-bond donors (Lipinski definition) is 1. The highest BCUT2D eigenvalue weighted by atomic mass is 16.5. The van der Waals surface area contributed by atoms with Crippen molar-refractivity contribution < 1.29 is 4.74 Å². The first-order valence-corrected chi connectivity index (χ1v) is 8.28. The van der Waals surface area contributed by atoms with E-state index in [-0.39, 0.29) is 12.0 Å². The van der Waals surface area contributed by atoms with E-state index in [0.29, 0.717) is 0 Å². The fraction of sp³-hybridized carbons (Fsp3) is 0.412. The van der Waals surface area contributed by atoms with Crippen LogP contribution in [0.4, 0.5) is 0 Å². The Morgan fingerprint density at radius 1 is 1.32 bits per heavy atom. The minimum absolute atomic E-state index is 0.114. The van der Waals surface area contributed by atoms with Gasteiger partial charge < -0.3 is 4.74 Å². The summed E-state index contributed by atoms with van der Waals surface area (Å²) >= 11 is 0. The normalized spacial score (nSPS) is 21.0. The van der Waals surface area contributed by atoms with Crippen LogP contribution in [0, 0.1) is 0 Å². The number of rotatable bonds is 5. The van der Waals surface area contributed by atoms with Crippen LogP contribution < -0.4 is 0 Å². The molecule has 0 aliphatic carbocycles. The Labute approximate surface area is 145 Å². The Hall–Kier alpha value is -2.58. The molecule has 0 amide bonds. The fourth-order valence-electron chi connectivity index (χ4n) is 3.53. The molecule has 1 saturated heterocycles. The zero-order valence-electron chi connectivity index (χ0n) is 14.3. The minimum atomic E-state index is 0.114. The van der Waals surface area contributed by atoms with Crippen molar-refractivity contribution in [3.8, 4) is 11.3 Å². The monoisotopic (exact) mass is 339 g/mol. The molecule has 0 radical (unpaired) electrons. The second-order valence-electron chi connectivity index (χ2n) is 6.39. The van der Waals surface area contributed by atoms with Crippen LogP contribution in [0.5, 0.6) is 0 Å². The van der Waals surface area contributed by atoms with Crippen LogP contribution in [-0.4, -0.2) is 61.4 Å². The predicted octanol–water partition coefficient (Wildman–Crippen LogP) is 1.21. The van der Waals surface area contributed by atoms with E-state index >= 15 is 0 Å². The lowest BCUT2D eigenvalue weighted by atomic mass is 10.0. The lowest BCUT2D eigenvalue weighted by Crippen LogP contribution is -2.22. The number of H-pyrrole nitrogens is 1. The summed E-state index contributed by atoms with van der Waals surface area (Å²) in [5.41, 5.74) is 4.15. The first-order valence-electron chi connectivity index (χ1n) is 8.28. The number of pyridine rings is 1. The Kier molecular flexibility index (Phi) is 4.29. The minimum Gasteiger partial charge on any atom is -0.379 e. The molecule has 1 aliphatic rings.